The van der Waals surface area contributed by atoms with E-state index < -0.39 is 87.0 Å². The first-order valence-corrected chi connectivity index (χ1v) is 11.8. The summed E-state index contributed by atoms with van der Waals surface area (Å²) >= 11 is 0. The van der Waals surface area contributed by atoms with Gasteiger partial charge in [-0.2, -0.15) is 0 Å². The minimum atomic E-state index is -2.11. The van der Waals surface area contributed by atoms with Crippen molar-refractivity contribution in [2.75, 3.05) is 5.32 Å². The van der Waals surface area contributed by atoms with Gasteiger partial charge in [0.2, 0.25) is 0 Å². The Bertz CT molecular complexity index is 1530. The average molecular weight is 567 g/mol. The number of hydrogen-bond donors (Lipinski definition) is 1. The summed E-state index contributed by atoms with van der Waals surface area (Å²) in [5.74, 6) is -15.6. The van der Waals surface area contributed by atoms with E-state index in [-0.39, 0.29) is 24.0 Å². The number of hydrogen-bond acceptors (Lipinski definition) is 2. The second-order valence-corrected chi connectivity index (χ2v) is 8.50. The molecule has 3 aromatic rings. The van der Waals surface area contributed by atoms with Crippen LogP contribution in [0.2, 0.25) is 0 Å². The van der Waals surface area contributed by atoms with E-state index >= 15 is 0 Å². The number of halogens is 8. The number of amides is 1. The predicted octanol–water partition coefficient (Wildman–Crippen LogP) is 8.32. The lowest BCUT2D eigenvalue weighted by Gasteiger charge is -2.13. The van der Waals surface area contributed by atoms with Crippen molar-refractivity contribution in [2.24, 2.45) is 0 Å². The first kappa shape index (κ1) is 30.3. The minimum Gasteiger partial charge on any atom is -0.319 e. The number of allylic oxidation sites excluding steroid dienone is 2. The van der Waals surface area contributed by atoms with E-state index in [1.54, 1.807) is 0 Å². The van der Waals surface area contributed by atoms with Gasteiger partial charge in [-0.15, -0.1) is 0 Å². The molecule has 3 nitrogen and oxygen atoms in total. The van der Waals surface area contributed by atoms with Gasteiger partial charge in [-0.1, -0.05) is 36.4 Å². The topological polar surface area (TPSA) is 46.2 Å². The normalized spacial score (nSPS) is 11.6. The van der Waals surface area contributed by atoms with Gasteiger partial charge in [0.25, 0.3) is 5.91 Å². The summed E-state index contributed by atoms with van der Waals surface area (Å²) in [7, 11) is 0. The van der Waals surface area contributed by atoms with Crippen LogP contribution >= 0.6 is 0 Å². The number of rotatable bonds is 9. The smallest absolute Gasteiger partial charge is 0.255 e. The molecule has 210 valence electrons. The fourth-order valence-corrected chi connectivity index (χ4v) is 3.89. The van der Waals surface area contributed by atoms with Crippen molar-refractivity contribution in [1.82, 2.24) is 0 Å². The summed E-state index contributed by atoms with van der Waals surface area (Å²) in [6, 6.07) is 4.75. The van der Waals surface area contributed by atoms with Crippen LogP contribution in [0.25, 0.3) is 12.2 Å². The Kier molecular flexibility index (Phi) is 9.62. The number of benzene rings is 3. The third kappa shape index (κ3) is 5.98. The molecule has 0 heterocycles. The van der Waals surface area contributed by atoms with E-state index in [1.807, 2.05) is 5.32 Å². The van der Waals surface area contributed by atoms with E-state index in [9.17, 15) is 44.7 Å². The van der Waals surface area contributed by atoms with Crippen LogP contribution in [0.4, 0.5) is 40.8 Å². The van der Waals surface area contributed by atoms with Crippen LogP contribution in [0.5, 0.6) is 0 Å². The molecule has 0 aliphatic heterocycles. The molecule has 0 bridgehead atoms. The summed E-state index contributed by atoms with van der Waals surface area (Å²) in [6.07, 6.45) is 3.61. The van der Waals surface area contributed by atoms with E-state index in [0.29, 0.717) is 0 Å². The Morgan fingerprint density at radius 2 is 1.15 bits per heavy atom. The van der Waals surface area contributed by atoms with Crippen LogP contribution in [0, 0.1) is 46.5 Å². The van der Waals surface area contributed by atoms with Gasteiger partial charge in [0.15, 0.2) is 46.5 Å². The van der Waals surface area contributed by atoms with Crippen molar-refractivity contribution in [1.29, 1.82) is 0 Å². The van der Waals surface area contributed by atoms with Crippen LogP contribution in [-0.4, -0.2) is 11.7 Å². The number of nitrogens with one attached hydrogen (secondary N) is 1. The molecular weight excluding hydrogens is 546 g/mol. The van der Waals surface area contributed by atoms with E-state index in [2.05, 4.69) is 0 Å². The van der Waals surface area contributed by atoms with E-state index in [1.165, 1.54) is 38.1 Å². The highest BCUT2D eigenvalue weighted by molar-refractivity contribution is 6.06. The molecule has 3 rings (SSSR count). The van der Waals surface area contributed by atoms with Gasteiger partial charge in [-0.25, -0.2) is 35.1 Å². The largest absolute Gasteiger partial charge is 0.319 e. The molecular formula is C29H21F8NO2. The number of ketones is 1. The lowest BCUT2D eigenvalue weighted by molar-refractivity contribution is 0.0977. The average Bonchev–Trinajstić information content (AvgIpc) is 2.95. The lowest BCUT2D eigenvalue weighted by Crippen LogP contribution is -2.16. The summed E-state index contributed by atoms with van der Waals surface area (Å²) in [5.41, 5.74) is -3.14. The third-order valence-corrected chi connectivity index (χ3v) is 5.90. The van der Waals surface area contributed by atoms with Gasteiger partial charge in [0.1, 0.15) is 5.82 Å². The maximum Gasteiger partial charge on any atom is 0.255 e. The van der Waals surface area contributed by atoms with Gasteiger partial charge in [-0.05, 0) is 38.8 Å². The van der Waals surface area contributed by atoms with Gasteiger partial charge in [0, 0.05) is 34.2 Å². The van der Waals surface area contributed by atoms with Crippen LogP contribution < -0.4 is 5.32 Å². The Morgan fingerprint density at radius 3 is 1.75 bits per heavy atom. The van der Waals surface area contributed by atoms with Crippen LogP contribution in [0.3, 0.4) is 0 Å². The molecule has 0 aliphatic carbocycles. The molecule has 3 aromatic carbocycles. The first-order chi connectivity index (χ1) is 18.9. The highest BCUT2D eigenvalue weighted by Gasteiger charge is 2.26. The van der Waals surface area contributed by atoms with Crippen LogP contribution in [0.1, 0.15) is 64.1 Å². The molecule has 0 aromatic heterocycles. The van der Waals surface area contributed by atoms with Crippen molar-refractivity contribution in [2.45, 2.75) is 33.1 Å². The van der Waals surface area contributed by atoms with Gasteiger partial charge in [-0.3, -0.25) is 9.59 Å². The highest BCUT2D eigenvalue weighted by atomic mass is 19.2. The molecule has 11 heteroatoms. The molecule has 0 saturated carbocycles. The van der Waals surface area contributed by atoms with E-state index in [4.69, 9.17) is 0 Å². The molecule has 40 heavy (non-hydrogen) atoms. The monoisotopic (exact) mass is 567 g/mol. The first-order valence-electron chi connectivity index (χ1n) is 11.8. The fraction of sp³-hybridized carbons (Fsp3) is 0.172. The van der Waals surface area contributed by atoms with Crippen molar-refractivity contribution < 1.29 is 44.7 Å². The van der Waals surface area contributed by atoms with Crippen molar-refractivity contribution >= 4 is 29.5 Å². The lowest BCUT2D eigenvalue weighted by atomic mass is 9.99. The molecule has 0 radical (unpaired) electrons. The number of carbonyl (C=O) groups is 2. The Balaban J connectivity index is 1.73. The summed E-state index contributed by atoms with van der Waals surface area (Å²) in [6.45, 7) is 2.85. The van der Waals surface area contributed by atoms with Crippen LogP contribution in [0.15, 0.2) is 36.4 Å². The Labute approximate surface area is 223 Å². The van der Waals surface area contributed by atoms with Crippen molar-refractivity contribution in [3.8, 4) is 0 Å². The Hall–Kier alpha value is -4.28. The number of anilines is 1. The Morgan fingerprint density at radius 1 is 0.650 bits per heavy atom. The van der Waals surface area contributed by atoms with Gasteiger partial charge < -0.3 is 5.32 Å². The maximum absolute atomic E-state index is 14.5. The molecule has 1 amide bonds. The minimum absolute atomic E-state index is 0.0806. The van der Waals surface area contributed by atoms with Crippen molar-refractivity contribution in [3.63, 3.8) is 0 Å². The second-order valence-electron chi connectivity index (χ2n) is 8.50. The predicted molar refractivity (Wildman–Crippen MR) is 134 cm³/mol. The van der Waals surface area contributed by atoms with Gasteiger partial charge in [0.05, 0.1) is 5.69 Å². The molecule has 0 spiro atoms. The zero-order valence-electron chi connectivity index (χ0n) is 21.1. The molecule has 0 fully saturated rings. The number of carbonyl (C=O) groups excluding carboxylic acids is 2. The fourth-order valence-electron chi connectivity index (χ4n) is 3.89. The summed E-state index contributed by atoms with van der Waals surface area (Å²) in [4.78, 5) is 25.1. The zero-order chi connectivity index (χ0) is 29.7. The number of Topliss-reactive ketones (excluding diaryl/α,β-unsaturated/α-hetero) is 1. The van der Waals surface area contributed by atoms with Crippen molar-refractivity contribution in [3.05, 3.63) is 111 Å². The molecule has 0 unspecified atom stereocenters. The van der Waals surface area contributed by atoms with Gasteiger partial charge >= 0.3 is 0 Å². The maximum atomic E-state index is 14.5. The molecule has 0 saturated heterocycles. The zero-order valence-corrected chi connectivity index (χ0v) is 21.1. The molecule has 0 aliphatic rings. The standard InChI is InChI=1S/C29H21F8NO2/c1-3-6-16-20(30)17(22(32)24(34)21(16)31)8-5-9-19(39)14-10-12-15(13-11-14)29(40)38-28-18(7-4-2)23(33)25(35)26(36)27(28)37/h3-4,6-7,10-13H,5,8-9H2,1-2H3,(H,38,40)/b6-3+,7-4+. The SMILES string of the molecule is C/C=C/c1c(F)c(F)c(F)c(CCCC(=O)c2ccc(C(=O)Nc3c(F)c(F)c(F)c(F)c3/C=C/C)cc2)c1F. The van der Waals surface area contributed by atoms with Crippen LogP contribution in [-0.2, 0) is 6.42 Å². The quantitative estimate of drug-likeness (QED) is 0.122. The molecule has 0 atom stereocenters. The second kappa shape index (κ2) is 12.7. The highest BCUT2D eigenvalue weighted by Crippen LogP contribution is 2.30. The third-order valence-electron chi connectivity index (χ3n) is 5.90. The molecule has 1 N–H and O–H groups in total. The summed E-state index contributed by atoms with van der Waals surface area (Å²) in [5, 5.41) is 1.99. The van der Waals surface area contributed by atoms with E-state index in [0.717, 1.165) is 24.3 Å². The summed E-state index contributed by atoms with van der Waals surface area (Å²) < 4.78 is 112.